The van der Waals surface area contributed by atoms with Crippen molar-refractivity contribution in [1.82, 2.24) is 4.31 Å². The van der Waals surface area contributed by atoms with Crippen molar-refractivity contribution in [2.45, 2.75) is 25.2 Å². The van der Waals surface area contributed by atoms with Gasteiger partial charge in [-0.25, -0.2) is 8.42 Å². The third-order valence-electron chi connectivity index (χ3n) is 3.86. The molecule has 0 aromatic heterocycles. The fourth-order valence-electron chi connectivity index (χ4n) is 2.34. The van der Waals surface area contributed by atoms with Crippen molar-refractivity contribution >= 4 is 27.2 Å². The molecule has 2 atom stereocenters. The minimum absolute atomic E-state index is 0.0777. The molecule has 1 aliphatic rings. The molecule has 0 spiro atoms. The molecule has 1 saturated heterocycles. The first-order valence-corrected chi connectivity index (χ1v) is 8.86. The van der Waals surface area contributed by atoms with Crippen molar-refractivity contribution in [3.63, 3.8) is 0 Å². The Morgan fingerprint density at radius 3 is 2.57 bits per heavy atom. The van der Waals surface area contributed by atoms with Gasteiger partial charge in [0.25, 0.3) is 0 Å². The van der Waals surface area contributed by atoms with Crippen molar-refractivity contribution < 1.29 is 13.5 Å². The predicted molar refractivity (Wildman–Crippen MR) is 86.3 cm³/mol. The van der Waals surface area contributed by atoms with Crippen molar-refractivity contribution in [2.75, 3.05) is 13.1 Å². The van der Waals surface area contributed by atoms with Crippen LogP contribution in [0.3, 0.4) is 0 Å². The number of benzene rings is 1. The number of hydrogen-bond acceptors (Lipinski definition) is 4. The number of nitrogens with two attached hydrogens (primary N) is 1. The summed E-state index contributed by atoms with van der Waals surface area (Å²) in [5, 5.41) is 9.84. The Morgan fingerprint density at radius 2 is 2.05 bits per heavy atom. The minimum Gasteiger partial charge on any atom is -0.391 e. The summed E-state index contributed by atoms with van der Waals surface area (Å²) in [5.74, 6) is 0.0624. The first-order valence-electron chi connectivity index (χ1n) is 6.84. The monoisotopic (exact) mass is 328 g/mol. The molecule has 1 aromatic rings. The predicted octanol–water partition coefficient (Wildman–Crippen LogP) is 0.853. The molecule has 7 heteroatoms. The van der Waals surface area contributed by atoms with Crippen LogP contribution < -0.4 is 5.73 Å². The van der Waals surface area contributed by atoms with Gasteiger partial charge >= 0.3 is 0 Å². The van der Waals surface area contributed by atoms with Gasteiger partial charge in [-0.2, -0.15) is 4.31 Å². The zero-order valence-corrected chi connectivity index (χ0v) is 13.5. The molecule has 0 radical (unpaired) electrons. The number of hydrogen-bond donors (Lipinski definition) is 2. The molecule has 1 aromatic carbocycles. The molecule has 0 amide bonds. The van der Waals surface area contributed by atoms with Crippen molar-refractivity contribution in [3.8, 4) is 0 Å². The van der Waals surface area contributed by atoms with Crippen LogP contribution in [0.15, 0.2) is 24.3 Å². The van der Waals surface area contributed by atoms with E-state index in [1.54, 1.807) is 24.3 Å². The highest BCUT2D eigenvalue weighted by Gasteiger charge is 2.31. The summed E-state index contributed by atoms with van der Waals surface area (Å²) in [4.78, 5) is 0.289. The molecule has 2 rings (SSSR count). The van der Waals surface area contributed by atoms with E-state index >= 15 is 0 Å². The average Bonchev–Trinajstić information content (AvgIpc) is 2.42. The maximum atomic E-state index is 12.4. The van der Waals surface area contributed by atoms with E-state index in [0.717, 1.165) is 0 Å². The second-order valence-corrected chi connectivity index (χ2v) is 7.92. The smallest absolute Gasteiger partial charge is 0.218 e. The normalized spacial score (nSPS) is 23.9. The molecule has 0 saturated carbocycles. The highest BCUT2D eigenvalue weighted by molar-refractivity contribution is 7.88. The topological polar surface area (TPSA) is 83.6 Å². The fourth-order valence-corrected chi connectivity index (χ4v) is 4.04. The van der Waals surface area contributed by atoms with Gasteiger partial charge in [0.2, 0.25) is 10.0 Å². The van der Waals surface area contributed by atoms with Gasteiger partial charge in [-0.15, -0.1) is 0 Å². The van der Waals surface area contributed by atoms with E-state index in [9.17, 15) is 13.5 Å². The maximum Gasteiger partial charge on any atom is 0.218 e. The van der Waals surface area contributed by atoms with E-state index in [4.69, 9.17) is 18.0 Å². The SMILES string of the molecule is CC1CCN(S(=O)(=O)Cc2ccc(C(N)=S)cc2)CC1O. The van der Waals surface area contributed by atoms with E-state index in [1.807, 2.05) is 6.92 Å². The molecule has 1 aliphatic heterocycles. The highest BCUT2D eigenvalue weighted by atomic mass is 32.2. The van der Waals surface area contributed by atoms with E-state index in [1.165, 1.54) is 4.31 Å². The molecule has 116 valence electrons. The zero-order valence-electron chi connectivity index (χ0n) is 11.9. The summed E-state index contributed by atoms with van der Waals surface area (Å²) in [6.45, 7) is 2.57. The molecule has 2 unspecified atom stereocenters. The minimum atomic E-state index is -3.42. The number of piperidine rings is 1. The molecule has 3 N–H and O–H groups in total. The Balaban J connectivity index is 2.08. The third kappa shape index (κ3) is 4.00. The summed E-state index contributed by atoms with van der Waals surface area (Å²) >= 11 is 4.86. The number of aliphatic hydroxyl groups is 1. The summed E-state index contributed by atoms with van der Waals surface area (Å²) < 4.78 is 26.2. The summed E-state index contributed by atoms with van der Waals surface area (Å²) in [6.07, 6.45) is 0.0892. The fraction of sp³-hybridized carbons (Fsp3) is 0.500. The summed E-state index contributed by atoms with van der Waals surface area (Å²) in [5.41, 5.74) is 6.91. The molecular weight excluding hydrogens is 308 g/mol. The lowest BCUT2D eigenvalue weighted by molar-refractivity contribution is 0.0604. The molecule has 21 heavy (non-hydrogen) atoms. The second-order valence-electron chi connectivity index (χ2n) is 5.51. The quantitative estimate of drug-likeness (QED) is 0.801. The van der Waals surface area contributed by atoms with Crippen molar-refractivity contribution in [3.05, 3.63) is 35.4 Å². The lowest BCUT2D eigenvalue weighted by Gasteiger charge is -2.33. The van der Waals surface area contributed by atoms with Crippen LogP contribution in [0.4, 0.5) is 0 Å². The molecule has 0 aliphatic carbocycles. The lowest BCUT2D eigenvalue weighted by atomic mass is 9.98. The van der Waals surface area contributed by atoms with Gasteiger partial charge < -0.3 is 10.8 Å². The standard InChI is InChI=1S/C14H20N2O3S2/c1-10-6-7-16(8-13(10)17)21(18,19)9-11-2-4-12(5-3-11)14(15)20/h2-5,10,13,17H,6-9H2,1H3,(H2,15,20). The zero-order chi connectivity index (χ0) is 15.6. The largest absolute Gasteiger partial charge is 0.391 e. The lowest BCUT2D eigenvalue weighted by Crippen LogP contribution is -2.46. The van der Waals surface area contributed by atoms with Gasteiger partial charge in [-0.1, -0.05) is 43.4 Å². The first kappa shape index (κ1) is 16.4. The average molecular weight is 328 g/mol. The maximum absolute atomic E-state index is 12.4. The van der Waals surface area contributed by atoms with Crippen LogP contribution >= 0.6 is 12.2 Å². The van der Waals surface area contributed by atoms with Gasteiger partial charge in [-0.05, 0) is 17.9 Å². The van der Waals surface area contributed by atoms with Crippen LogP contribution in [-0.2, 0) is 15.8 Å². The molecule has 0 bridgehead atoms. The van der Waals surface area contributed by atoms with Crippen LogP contribution in [-0.4, -0.2) is 42.0 Å². The molecule has 1 heterocycles. The van der Waals surface area contributed by atoms with E-state index in [2.05, 4.69) is 0 Å². The molecule has 5 nitrogen and oxygen atoms in total. The number of rotatable bonds is 4. The van der Waals surface area contributed by atoms with Gasteiger partial charge in [0.1, 0.15) is 4.99 Å². The first-order chi connectivity index (χ1) is 9.79. The number of thiocarbonyl (C=S) groups is 1. The van der Waals surface area contributed by atoms with Crippen LogP contribution in [0.1, 0.15) is 24.5 Å². The van der Waals surface area contributed by atoms with Gasteiger partial charge in [0, 0.05) is 18.7 Å². The summed E-state index contributed by atoms with van der Waals surface area (Å²) in [7, 11) is -3.42. The Hall–Kier alpha value is -1.02. The third-order valence-corrected chi connectivity index (χ3v) is 5.91. The Kier molecular flexibility index (Phi) is 4.98. The molecular formula is C14H20N2O3S2. The molecule has 1 fully saturated rings. The van der Waals surface area contributed by atoms with E-state index < -0.39 is 16.1 Å². The van der Waals surface area contributed by atoms with Gasteiger partial charge in [-0.3, -0.25) is 0 Å². The van der Waals surface area contributed by atoms with Gasteiger partial charge in [0.05, 0.1) is 11.9 Å². The van der Waals surface area contributed by atoms with Gasteiger partial charge in [0.15, 0.2) is 0 Å². The number of aliphatic hydroxyl groups excluding tert-OH is 1. The second kappa shape index (κ2) is 6.39. The Bertz CT molecular complexity index is 614. The Labute approximate surface area is 130 Å². The number of sulfonamides is 1. The number of β-amino-alcohol motifs (C(OH)–C–C–N with tert-alkyl or cyclic N) is 1. The van der Waals surface area contributed by atoms with Crippen LogP contribution in [0.25, 0.3) is 0 Å². The van der Waals surface area contributed by atoms with Crippen molar-refractivity contribution in [1.29, 1.82) is 0 Å². The van der Waals surface area contributed by atoms with Crippen molar-refractivity contribution in [2.24, 2.45) is 11.7 Å². The van der Waals surface area contributed by atoms with Crippen LogP contribution in [0, 0.1) is 5.92 Å². The number of nitrogens with zero attached hydrogens (tertiary/aromatic N) is 1. The Morgan fingerprint density at radius 1 is 1.43 bits per heavy atom. The van der Waals surface area contributed by atoms with E-state index in [0.29, 0.717) is 24.1 Å². The summed E-state index contributed by atoms with van der Waals surface area (Å²) in [6, 6.07) is 6.88. The van der Waals surface area contributed by atoms with E-state index in [-0.39, 0.29) is 23.2 Å². The van der Waals surface area contributed by atoms with Crippen LogP contribution in [0.2, 0.25) is 0 Å². The highest BCUT2D eigenvalue weighted by Crippen LogP contribution is 2.21. The van der Waals surface area contributed by atoms with Crippen LogP contribution in [0.5, 0.6) is 0 Å².